The predicted octanol–water partition coefficient (Wildman–Crippen LogP) is 1.81. The molecule has 3 N–H and O–H groups in total. The van der Waals surface area contributed by atoms with E-state index in [9.17, 15) is 5.11 Å². The van der Waals surface area contributed by atoms with Gasteiger partial charge in [-0.2, -0.15) is 0 Å². The Morgan fingerprint density at radius 2 is 1.36 bits per heavy atom. The largest absolute Gasteiger partial charge is 0.390 e. The minimum Gasteiger partial charge on any atom is -0.390 e. The molecule has 4 fully saturated rings. The third kappa shape index (κ3) is 1.10. The maximum Gasteiger partial charge on any atom is 0.0675 e. The molecule has 0 aliphatic heterocycles. The van der Waals surface area contributed by atoms with Crippen molar-refractivity contribution in [3.63, 3.8) is 0 Å². The number of aliphatic hydroxyl groups is 1. The number of rotatable bonds is 0. The van der Waals surface area contributed by atoms with Crippen molar-refractivity contribution in [2.24, 2.45) is 16.6 Å². The van der Waals surface area contributed by atoms with E-state index in [1.165, 1.54) is 6.42 Å². The summed E-state index contributed by atoms with van der Waals surface area (Å²) in [5.41, 5.74) is 6.54. The van der Waals surface area contributed by atoms with Crippen LogP contribution in [-0.2, 0) is 0 Å². The second-order valence-corrected chi connectivity index (χ2v) is 7.27. The lowest BCUT2D eigenvalue weighted by atomic mass is 9.41. The van der Waals surface area contributed by atoms with Gasteiger partial charge in [-0.25, -0.2) is 0 Å². The third-order valence-electron chi connectivity index (χ3n) is 4.60. The summed E-state index contributed by atoms with van der Waals surface area (Å²) in [5.74, 6) is 0. The van der Waals surface area contributed by atoms with E-state index in [2.05, 4.69) is 13.8 Å². The highest BCUT2D eigenvalue weighted by molar-refractivity contribution is 5.18. The van der Waals surface area contributed by atoms with E-state index in [0.29, 0.717) is 10.8 Å². The minimum atomic E-state index is -0.438. The van der Waals surface area contributed by atoms with Gasteiger partial charge in [-0.15, -0.1) is 0 Å². The fraction of sp³-hybridized carbons (Fsp3) is 1.00. The van der Waals surface area contributed by atoms with Crippen molar-refractivity contribution in [2.45, 2.75) is 63.5 Å². The molecule has 4 saturated carbocycles. The molecule has 14 heavy (non-hydrogen) atoms. The van der Waals surface area contributed by atoms with Crippen LogP contribution in [0.15, 0.2) is 0 Å². The summed E-state index contributed by atoms with van der Waals surface area (Å²) in [6, 6.07) is 0. The molecular formula is C12H21NO. The molecular weight excluding hydrogens is 174 g/mol. The van der Waals surface area contributed by atoms with Crippen LogP contribution in [0.1, 0.15) is 52.4 Å². The first-order chi connectivity index (χ1) is 6.24. The number of hydrogen-bond donors (Lipinski definition) is 2. The highest BCUT2D eigenvalue weighted by Crippen LogP contribution is 2.66. The smallest absolute Gasteiger partial charge is 0.0675 e. The van der Waals surface area contributed by atoms with Gasteiger partial charge in [-0.3, -0.25) is 0 Å². The standard InChI is InChI=1S/C12H21NO/c1-9-3-10(2)5-11(13,4-9)8-12(14,6-9)7-10/h14H,3-8,13H2,1-2H3/t9-,10+,11-,12-. The van der Waals surface area contributed by atoms with E-state index in [4.69, 9.17) is 5.73 Å². The second kappa shape index (κ2) is 2.05. The molecule has 4 atom stereocenters. The minimum absolute atomic E-state index is 0.0625. The Balaban J connectivity index is 2.08. The van der Waals surface area contributed by atoms with E-state index >= 15 is 0 Å². The van der Waals surface area contributed by atoms with Crippen molar-refractivity contribution in [2.75, 3.05) is 0 Å². The molecule has 0 unspecified atom stereocenters. The Labute approximate surface area is 85.9 Å². The van der Waals surface area contributed by atoms with Crippen molar-refractivity contribution in [1.29, 1.82) is 0 Å². The lowest BCUT2D eigenvalue weighted by molar-refractivity contribution is -0.196. The molecule has 0 saturated heterocycles. The Morgan fingerprint density at radius 3 is 1.71 bits per heavy atom. The van der Waals surface area contributed by atoms with Gasteiger partial charge in [0.05, 0.1) is 5.60 Å². The van der Waals surface area contributed by atoms with E-state index in [-0.39, 0.29) is 5.54 Å². The number of hydrogen-bond acceptors (Lipinski definition) is 2. The SMILES string of the molecule is C[C@]12C[C@]3(C)C[C@@](N)(C1)C[C@](O)(C2)C3. The topological polar surface area (TPSA) is 46.2 Å². The maximum atomic E-state index is 10.5. The fourth-order valence-electron chi connectivity index (χ4n) is 5.72. The molecule has 4 rings (SSSR count). The zero-order valence-electron chi connectivity index (χ0n) is 9.27. The Morgan fingerprint density at radius 1 is 0.857 bits per heavy atom. The van der Waals surface area contributed by atoms with Crippen LogP contribution in [0.5, 0.6) is 0 Å². The Bertz CT molecular complexity index is 203. The van der Waals surface area contributed by atoms with Crippen molar-refractivity contribution in [1.82, 2.24) is 0 Å². The first-order valence-corrected chi connectivity index (χ1v) is 5.75. The summed E-state index contributed by atoms with van der Waals surface area (Å²) in [6.45, 7) is 4.63. The highest BCUT2D eigenvalue weighted by atomic mass is 16.3. The molecule has 4 aliphatic carbocycles. The Kier molecular flexibility index (Phi) is 1.34. The highest BCUT2D eigenvalue weighted by Gasteiger charge is 2.64. The van der Waals surface area contributed by atoms with Crippen molar-refractivity contribution >= 4 is 0 Å². The van der Waals surface area contributed by atoms with Crippen molar-refractivity contribution in [3.05, 3.63) is 0 Å². The zero-order chi connectivity index (χ0) is 10.2. The van der Waals surface area contributed by atoms with Gasteiger partial charge in [0.1, 0.15) is 0 Å². The monoisotopic (exact) mass is 195 g/mol. The summed E-state index contributed by atoms with van der Waals surface area (Å²) in [5, 5.41) is 10.5. The van der Waals surface area contributed by atoms with Crippen LogP contribution in [0.3, 0.4) is 0 Å². The first kappa shape index (κ1) is 9.17. The molecule has 4 bridgehead atoms. The van der Waals surface area contributed by atoms with Crippen LogP contribution in [-0.4, -0.2) is 16.2 Å². The van der Waals surface area contributed by atoms with Gasteiger partial charge in [-0.05, 0) is 49.4 Å². The van der Waals surface area contributed by atoms with Crippen LogP contribution in [0, 0.1) is 10.8 Å². The lowest BCUT2D eigenvalue weighted by Crippen LogP contribution is -2.68. The summed E-state index contributed by atoms with van der Waals surface area (Å²) < 4.78 is 0. The number of nitrogens with two attached hydrogens (primary N) is 1. The molecule has 2 nitrogen and oxygen atoms in total. The fourth-order valence-corrected chi connectivity index (χ4v) is 5.72. The average Bonchev–Trinajstić information content (AvgIpc) is 1.67. The average molecular weight is 195 g/mol. The quantitative estimate of drug-likeness (QED) is 0.619. The van der Waals surface area contributed by atoms with Gasteiger partial charge < -0.3 is 10.8 Å². The maximum absolute atomic E-state index is 10.5. The van der Waals surface area contributed by atoms with Gasteiger partial charge in [0.15, 0.2) is 0 Å². The Hall–Kier alpha value is -0.0800. The lowest BCUT2D eigenvalue weighted by Gasteiger charge is -2.67. The van der Waals surface area contributed by atoms with Gasteiger partial charge >= 0.3 is 0 Å². The van der Waals surface area contributed by atoms with E-state index in [1.54, 1.807) is 0 Å². The molecule has 0 heterocycles. The summed E-state index contributed by atoms with van der Waals surface area (Å²) >= 11 is 0. The summed E-state index contributed by atoms with van der Waals surface area (Å²) in [7, 11) is 0. The molecule has 0 amide bonds. The van der Waals surface area contributed by atoms with Crippen LogP contribution in [0.25, 0.3) is 0 Å². The van der Waals surface area contributed by atoms with Crippen LogP contribution >= 0.6 is 0 Å². The first-order valence-electron chi connectivity index (χ1n) is 5.75. The van der Waals surface area contributed by atoms with Crippen LogP contribution in [0.4, 0.5) is 0 Å². The van der Waals surface area contributed by atoms with Crippen LogP contribution < -0.4 is 5.73 Å². The molecule has 2 heteroatoms. The van der Waals surface area contributed by atoms with Crippen LogP contribution in [0.2, 0.25) is 0 Å². The molecule has 80 valence electrons. The zero-order valence-corrected chi connectivity index (χ0v) is 9.27. The van der Waals surface area contributed by atoms with E-state index in [0.717, 1.165) is 32.1 Å². The van der Waals surface area contributed by atoms with E-state index in [1.807, 2.05) is 0 Å². The summed E-state index contributed by atoms with van der Waals surface area (Å²) in [6.07, 6.45) is 6.31. The van der Waals surface area contributed by atoms with Gasteiger partial charge in [0.25, 0.3) is 0 Å². The third-order valence-corrected chi connectivity index (χ3v) is 4.60. The summed E-state index contributed by atoms with van der Waals surface area (Å²) in [4.78, 5) is 0. The van der Waals surface area contributed by atoms with Crippen molar-refractivity contribution < 1.29 is 5.11 Å². The van der Waals surface area contributed by atoms with Gasteiger partial charge in [-0.1, -0.05) is 13.8 Å². The predicted molar refractivity (Wildman–Crippen MR) is 55.8 cm³/mol. The van der Waals surface area contributed by atoms with Crippen molar-refractivity contribution in [3.8, 4) is 0 Å². The normalized spacial score (nSPS) is 66.0. The molecule has 0 aromatic carbocycles. The molecule has 0 aromatic rings. The van der Waals surface area contributed by atoms with Gasteiger partial charge in [0, 0.05) is 5.54 Å². The van der Waals surface area contributed by atoms with Gasteiger partial charge in [0.2, 0.25) is 0 Å². The molecule has 0 spiro atoms. The van der Waals surface area contributed by atoms with E-state index < -0.39 is 5.60 Å². The molecule has 4 aliphatic rings. The molecule has 0 aromatic heterocycles. The second-order valence-electron chi connectivity index (χ2n) is 7.27. The molecule has 0 radical (unpaired) electrons.